The van der Waals surface area contributed by atoms with Crippen LogP contribution in [-0.2, 0) is 11.2 Å². The number of allylic oxidation sites excluding steroid dienone is 3. The Kier molecular flexibility index (Phi) is 9.68. The third-order valence-corrected chi connectivity index (χ3v) is 14.1. The minimum absolute atomic E-state index is 0.0511. The van der Waals surface area contributed by atoms with Gasteiger partial charge < -0.3 is 35.6 Å². The molecule has 11 atom stereocenters. The first-order chi connectivity index (χ1) is 28.6. The number of aliphatic hydroxyl groups excluding tert-OH is 3. The molecular weight excluding hydrogens is 745 g/mol. The maximum Gasteiger partial charge on any atom is 0.252 e. The summed E-state index contributed by atoms with van der Waals surface area (Å²) in [7, 11) is 0. The van der Waals surface area contributed by atoms with Crippen LogP contribution < -0.4 is 25.4 Å². The van der Waals surface area contributed by atoms with Gasteiger partial charge in [-0.2, -0.15) is 0 Å². The number of phenols is 1. The number of rotatable bonds is 6. The molecule has 1 spiro atoms. The molecule has 5 heterocycles. The summed E-state index contributed by atoms with van der Waals surface area (Å²) in [4.78, 5) is 19.2. The molecule has 2 aromatic carbocycles. The van der Waals surface area contributed by atoms with E-state index in [-0.39, 0.29) is 60.5 Å². The fraction of sp³-hybridized carbons (Fsp3) is 0.458. The molecule has 11 heteroatoms. The van der Waals surface area contributed by atoms with E-state index < -0.39 is 41.8 Å². The maximum absolute atomic E-state index is 13.2. The van der Waals surface area contributed by atoms with Gasteiger partial charge in [0.15, 0.2) is 11.5 Å². The minimum atomic E-state index is -1.08. The number of phenolic OH excluding ortho intramolecular Hbond substituents is 1. The second-order valence-electron chi connectivity index (χ2n) is 17.8. The van der Waals surface area contributed by atoms with E-state index in [1.807, 2.05) is 37.4 Å². The molecule has 8 aliphatic rings. The van der Waals surface area contributed by atoms with Crippen molar-refractivity contribution in [3.05, 3.63) is 99.4 Å². The summed E-state index contributed by atoms with van der Waals surface area (Å²) in [6, 6.07) is 7.23. The van der Waals surface area contributed by atoms with E-state index in [0.717, 1.165) is 64.1 Å². The quantitative estimate of drug-likeness (QED) is 0.171. The van der Waals surface area contributed by atoms with Crippen LogP contribution in [0, 0.1) is 47.0 Å². The SMILES string of the molecule is C[C@@H]1C=C[C@@H]([C@@H](O)CC(=O)CCc2cc3c(cc2O)OC#CC2(CCCC2)[C@H]2C#C[C@@H](O)c4ccc5c6c4[C@H](C=C[C@H]6CN[C@H]5N)C4=C5C[NH+](C=C5N=C4)[C@@H]2O3)[C@@H](O)C1. The van der Waals surface area contributed by atoms with Crippen molar-refractivity contribution < 1.29 is 39.6 Å². The van der Waals surface area contributed by atoms with Crippen molar-refractivity contribution >= 4 is 12.0 Å². The number of hydrogen-bond donors (Lipinski definition) is 7. The van der Waals surface area contributed by atoms with Gasteiger partial charge in [0.05, 0.1) is 23.8 Å². The zero-order valence-corrected chi connectivity index (χ0v) is 33.2. The lowest BCUT2D eigenvalue weighted by Gasteiger charge is -2.38. The number of aromatic hydroxyl groups is 1. The van der Waals surface area contributed by atoms with Gasteiger partial charge in [0.1, 0.15) is 48.1 Å². The van der Waals surface area contributed by atoms with Crippen molar-refractivity contribution in [1.82, 2.24) is 5.32 Å². The number of aryl methyl sites for hydroxylation is 1. The molecule has 1 unspecified atom stereocenters. The first-order valence-electron chi connectivity index (χ1n) is 21.2. The van der Waals surface area contributed by atoms with E-state index in [2.05, 4.69) is 47.5 Å². The largest absolute Gasteiger partial charge is 0.508 e. The Balaban J connectivity index is 1.02. The molecule has 2 aromatic rings. The van der Waals surface area contributed by atoms with Gasteiger partial charge in [-0.3, -0.25) is 20.0 Å². The number of nitrogens with one attached hydrogen (secondary N) is 2. The van der Waals surface area contributed by atoms with Gasteiger partial charge in [-0.25, -0.2) is 0 Å². The number of hydrogen-bond acceptors (Lipinski definition) is 10. The predicted octanol–water partition coefficient (Wildman–Crippen LogP) is 3.62. The molecule has 1 saturated carbocycles. The van der Waals surface area contributed by atoms with Crippen LogP contribution in [0.2, 0.25) is 0 Å². The molecule has 2 bridgehead atoms. The van der Waals surface area contributed by atoms with Crippen LogP contribution in [0.3, 0.4) is 0 Å². The Labute approximate surface area is 344 Å². The topological polar surface area (TPSA) is 171 Å². The fourth-order valence-electron chi connectivity index (χ4n) is 10.9. The normalized spacial score (nSPS) is 33.1. The van der Waals surface area contributed by atoms with E-state index in [4.69, 9.17) is 20.2 Å². The van der Waals surface area contributed by atoms with E-state index in [1.165, 1.54) is 11.6 Å². The van der Waals surface area contributed by atoms with Gasteiger partial charge in [-0.15, -0.1) is 0 Å². The third-order valence-electron chi connectivity index (χ3n) is 14.1. The third kappa shape index (κ3) is 6.65. The Hall–Kier alpha value is -4.98. The van der Waals surface area contributed by atoms with Gasteiger partial charge in [0.2, 0.25) is 0 Å². The molecule has 59 heavy (non-hydrogen) atoms. The van der Waals surface area contributed by atoms with Crippen molar-refractivity contribution in [1.29, 1.82) is 0 Å². The second kappa shape index (κ2) is 14.9. The summed E-state index contributed by atoms with van der Waals surface area (Å²) in [5.41, 5.74) is 13.7. The minimum Gasteiger partial charge on any atom is -0.508 e. The lowest BCUT2D eigenvalue weighted by molar-refractivity contribution is -0.891. The number of aliphatic hydroxyl groups is 3. The lowest BCUT2D eigenvalue weighted by Crippen LogP contribution is -3.12. The number of ketones is 1. The maximum atomic E-state index is 13.2. The Morgan fingerprint density at radius 3 is 2.75 bits per heavy atom. The summed E-state index contributed by atoms with van der Waals surface area (Å²) in [5.74, 6) is 10.1. The van der Waals surface area contributed by atoms with E-state index in [0.29, 0.717) is 30.8 Å². The Bertz CT molecular complexity index is 2390. The summed E-state index contributed by atoms with van der Waals surface area (Å²) in [5, 5.41) is 48.2. The molecule has 0 saturated heterocycles. The molecule has 304 valence electrons. The monoisotopic (exact) mass is 795 g/mol. The van der Waals surface area contributed by atoms with Gasteiger partial charge >= 0.3 is 0 Å². The van der Waals surface area contributed by atoms with Crippen LogP contribution in [0.4, 0.5) is 0 Å². The number of Topliss-reactive ketones (excluding diaryl/α,β-unsaturated/α-hetero) is 1. The van der Waals surface area contributed by atoms with Crippen molar-refractivity contribution in [3.8, 4) is 41.1 Å². The molecule has 10 rings (SSSR count). The predicted molar refractivity (Wildman–Crippen MR) is 220 cm³/mol. The fourth-order valence-corrected chi connectivity index (χ4v) is 10.9. The molecule has 0 radical (unpaired) electrons. The highest BCUT2D eigenvalue weighted by Crippen LogP contribution is 2.50. The second-order valence-corrected chi connectivity index (χ2v) is 17.8. The zero-order chi connectivity index (χ0) is 40.6. The molecule has 0 aromatic heterocycles. The first-order valence-corrected chi connectivity index (χ1v) is 21.2. The van der Waals surface area contributed by atoms with Gasteiger partial charge in [-0.1, -0.05) is 74.0 Å². The number of nitrogens with two attached hydrogens (primary N) is 1. The van der Waals surface area contributed by atoms with Crippen LogP contribution in [0.5, 0.6) is 17.2 Å². The van der Waals surface area contributed by atoms with Crippen molar-refractivity contribution in [2.24, 2.45) is 33.9 Å². The lowest BCUT2D eigenvalue weighted by atomic mass is 9.71. The Morgan fingerprint density at radius 2 is 1.92 bits per heavy atom. The van der Waals surface area contributed by atoms with E-state index >= 15 is 0 Å². The molecule has 11 nitrogen and oxygen atoms in total. The van der Waals surface area contributed by atoms with E-state index in [1.54, 1.807) is 6.07 Å². The standard InChI is InChI=1S/C48H50N4O7/c1-26-4-8-31(40(56)18-26)41(57)20-29(53)7-5-27-19-43-42(21-39(27)55)58-17-16-48(14-2-3-15-48)36-12-13-38(54)32-10-11-33-44-28(22-51-46(33)49)6-9-30(45(32)44)34-23-50-37-25-52(24-35(34)37)47(36)59-43/h4,6,8-11,19,21,23,25-26,28,30-31,36,38,40-41,46-47,51,54-57H,2-3,5,7,14-15,18,20,22,24,49H2,1H3/p+1/t26-,28+,30-,31-,36+,38-,40+,41+,46-,47-/m1/s1. The summed E-state index contributed by atoms with van der Waals surface area (Å²) in [6.07, 6.45) is 15.9. The molecule has 5 aliphatic heterocycles. The number of fused-ring (bicyclic) bond motifs is 6. The number of nitrogens with zero attached hydrogens (tertiary/aromatic N) is 1. The van der Waals surface area contributed by atoms with Gasteiger partial charge in [0, 0.05) is 55.0 Å². The number of aliphatic imine (C=N–C) groups is 1. The highest BCUT2D eigenvalue weighted by atomic mass is 16.5. The first kappa shape index (κ1) is 38.2. The zero-order valence-electron chi connectivity index (χ0n) is 33.2. The van der Waals surface area contributed by atoms with Crippen LogP contribution in [0.15, 0.2) is 76.6 Å². The number of benzene rings is 2. The van der Waals surface area contributed by atoms with Crippen LogP contribution in [0.1, 0.15) is 104 Å². The molecule has 1 fully saturated rings. The highest BCUT2D eigenvalue weighted by Gasteiger charge is 2.51. The highest BCUT2D eigenvalue weighted by molar-refractivity contribution is 5.90. The van der Waals surface area contributed by atoms with Crippen molar-refractivity contribution in [3.63, 3.8) is 0 Å². The molecule has 3 aliphatic carbocycles. The van der Waals surface area contributed by atoms with Crippen LogP contribution in [-0.4, -0.2) is 63.9 Å². The van der Waals surface area contributed by atoms with Gasteiger partial charge in [0.25, 0.3) is 6.23 Å². The molecule has 8 N–H and O–H groups in total. The van der Waals surface area contributed by atoms with Crippen LogP contribution >= 0.6 is 0 Å². The summed E-state index contributed by atoms with van der Waals surface area (Å²) >= 11 is 0. The van der Waals surface area contributed by atoms with Crippen molar-refractivity contribution in [2.75, 3.05) is 13.1 Å². The average Bonchev–Trinajstić information content (AvgIpc) is 3.96. The molecular formula is C48H51N4O7+. The number of quaternary nitrogens is 1. The smallest absolute Gasteiger partial charge is 0.252 e. The van der Waals surface area contributed by atoms with Gasteiger partial charge in [-0.05, 0) is 71.1 Å². The average molecular weight is 796 g/mol. The number of carbonyl (C=O) groups excluding carboxylic acids is 1. The molecule has 0 amide bonds. The summed E-state index contributed by atoms with van der Waals surface area (Å²) in [6.45, 7) is 3.32. The van der Waals surface area contributed by atoms with E-state index in [9.17, 15) is 25.2 Å². The van der Waals surface area contributed by atoms with Crippen molar-refractivity contribution in [2.45, 2.75) is 101 Å². The number of ether oxygens (including phenoxy) is 2. The van der Waals surface area contributed by atoms with Crippen LogP contribution in [0.25, 0.3) is 0 Å². The summed E-state index contributed by atoms with van der Waals surface area (Å²) < 4.78 is 13.2. The Morgan fingerprint density at radius 1 is 1.08 bits per heavy atom. The number of carbonyl (C=O) groups is 1.